The smallest absolute Gasteiger partial charge is 0.234 e. The Hall–Kier alpha value is -0.610. The van der Waals surface area contributed by atoms with Gasteiger partial charge in [-0.1, -0.05) is 20.8 Å². The number of carbonyl (C=O) groups is 1. The van der Waals surface area contributed by atoms with Crippen LogP contribution in [0.15, 0.2) is 0 Å². The van der Waals surface area contributed by atoms with E-state index in [-0.39, 0.29) is 23.5 Å². The highest BCUT2D eigenvalue weighted by Gasteiger charge is 2.47. The van der Waals surface area contributed by atoms with Crippen LogP contribution in [0.4, 0.5) is 0 Å². The Morgan fingerprint density at radius 2 is 2.19 bits per heavy atom. The van der Waals surface area contributed by atoms with Crippen molar-refractivity contribution >= 4 is 5.91 Å². The van der Waals surface area contributed by atoms with Crippen LogP contribution in [0, 0.1) is 5.41 Å². The first-order valence-electron chi connectivity index (χ1n) is 6.08. The summed E-state index contributed by atoms with van der Waals surface area (Å²) in [5.74, 6) is 0.0188. The molecule has 0 bridgehead atoms. The van der Waals surface area contributed by atoms with E-state index in [2.05, 4.69) is 24.5 Å². The molecule has 3 unspecified atom stereocenters. The maximum absolute atomic E-state index is 11.6. The molecule has 0 aromatic carbocycles. The molecule has 0 spiro atoms. The van der Waals surface area contributed by atoms with E-state index in [1.165, 1.54) is 0 Å². The first kappa shape index (κ1) is 13.5. The van der Waals surface area contributed by atoms with Gasteiger partial charge in [-0.15, -0.1) is 0 Å². The quantitative estimate of drug-likeness (QED) is 0.647. The van der Waals surface area contributed by atoms with E-state index >= 15 is 0 Å². The van der Waals surface area contributed by atoms with Crippen molar-refractivity contribution in [2.45, 2.75) is 58.7 Å². The number of aliphatic hydroxyl groups is 1. The summed E-state index contributed by atoms with van der Waals surface area (Å²) in [7, 11) is 0. The highest BCUT2D eigenvalue weighted by Crippen LogP contribution is 2.40. The standard InChI is InChI=1S/C12H24N2O2/c1-5-8(2)13-7-11(16)14-9-6-10(15)12(9,3)4/h8-10,13,15H,5-7H2,1-4H3,(H,14,16). The molecule has 4 nitrogen and oxygen atoms in total. The largest absolute Gasteiger partial charge is 0.392 e. The third kappa shape index (κ3) is 2.95. The maximum Gasteiger partial charge on any atom is 0.234 e. The van der Waals surface area contributed by atoms with Crippen LogP contribution in [0.2, 0.25) is 0 Å². The number of hydrogen-bond donors (Lipinski definition) is 3. The number of nitrogens with one attached hydrogen (secondary N) is 2. The topological polar surface area (TPSA) is 61.4 Å². The Kier molecular flexibility index (Phi) is 4.33. The van der Waals surface area contributed by atoms with E-state index in [9.17, 15) is 9.90 Å². The fraction of sp³-hybridized carbons (Fsp3) is 0.917. The minimum absolute atomic E-state index is 0.0188. The van der Waals surface area contributed by atoms with Gasteiger partial charge in [0.2, 0.25) is 5.91 Å². The van der Waals surface area contributed by atoms with Gasteiger partial charge in [0.1, 0.15) is 0 Å². The van der Waals surface area contributed by atoms with Crippen molar-refractivity contribution in [1.29, 1.82) is 0 Å². The average molecular weight is 228 g/mol. The molecule has 1 rings (SSSR count). The van der Waals surface area contributed by atoms with Gasteiger partial charge < -0.3 is 15.7 Å². The van der Waals surface area contributed by atoms with Gasteiger partial charge in [0.05, 0.1) is 12.6 Å². The summed E-state index contributed by atoms with van der Waals surface area (Å²) in [6.45, 7) is 8.46. The van der Waals surface area contributed by atoms with Gasteiger partial charge in [-0.05, 0) is 19.8 Å². The molecule has 1 aliphatic rings. The molecule has 0 aliphatic heterocycles. The Morgan fingerprint density at radius 1 is 1.56 bits per heavy atom. The minimum atomic E-state index is -0.291. The van der Waals surface area contributed by atoms with Gasteiger partial charge in [-0.2, -0.15) is 0 Å². The molecule has 1 fully saturated rings. The number of hydrogen-bond acceptors (Lipinski definition) is 3. The van der Waals surface area contributed by atoms with E-state index in [0.29, 0.717) is 19.0 Å². The van der Waals surface area contributed by atoms with Gasteiger partial charge in [0.15, 0.2) is 0 Å². The molecule has 0 saturated heterocycles. The highest BCUT2D eigenvalue weighted by molar-refractivity contribution is 5.78. The van der Waals surface area contributed by atoms with Crippen molar-refractivity contribution in [1.82, 2.24) is 10.6 Å². The van der Waals surface area contributed by atoms with Crippen LogP contribution in [0.1, 0.15) is 40.5 Å². The van der Waals surface area contributed by atoms with Crippen LogP contribution in [0.3, 0.4) is 0 Å². The van der Waals surface area contributed by atoms with Gasteiger partial charge in [-0.3, -0.25) is 4.79 Å². The molecule has 0 radical (unpaired) electrons. The van der Waals surface area contributed by atoms with Crippen molar-refractivity contribution in [2.24, 2.45) is 5.41 Å². The van der Waals surface area contributed by atoms with Gasteiger partial charge >= 0.3 is 0 Å². The summed E-state index contributed by atoms with van der Waals surface area (Å²) in [6, 6.07) is 0.472. The Morgan fingerprint density at radius 3 is 2.62 bits per heavy atom. The number of carbonyl (C=O) groups excluding carboxylic acids is 1. The molecular weight excluding hydrogens is 204 g/mol. The summed E-state index contributed by atoms with van der Waals surface area (Å²) in [4.78, 5) is 11.6. The second kappa shape index (κ2) is 5.15. The van der Waals surface area contributed by atoms with E-state index in [1.54, 1.807) is 0 Å². The van der Waals surface area contributed by atoms with E-state index in [4.69, 9.17) is 0 Å². The average Bonchev–Trinajstić information content (AvgIpc) is 2.25. The molecule has 16 heavy (non-hydrogen) atoms. The van der Waals surface area contributed by atoms with Gasteiger partial charge in [0, 0.05) is 17.5 Å². The zero-order chi connectivity index (χ0) is 12.3. The monoisotopic (exact) mass is 228 g/mol. The third-order valence-corrected chi connectivity index (χ3v) is 3.77. The minimum Gasteiger partial charge on any atom is -0.392 e. The first-order chi connectivity index (χ1) is 7.37. The summed E-state index contributed by atoms with van der Waals surface area (Å²) >= 11 is 0. The molecule has 3 N–H and O–H groups in total. The first-order valence-corrected chi connectivity index (χ1v) is 6.08. The normalized spacial score (nSPS) is 29.3. The molecule has 1 aliphatic carbocycles. The van der Waals surface area contributed by atoms with Crippen molar-refractivity contribution in [2.75, 3.05) is 6.54 Å². The third-order valence-electron chi connectivity index (χ3n) is 3.77. The lowest BCUT2D eigenvalue weighted by Gasteiger charge is -2.49. The Balaban J connectivity index is 2.26. The predicted octanol–water partition coefficient (Wildman–Crippen LogP) is 0.650. The van der Waals surface area contributed by atoms with Crippen LogP contribution in [0.25, 0.3) is 0 Å². The Bertz CT molecular complexity index is 253. The van der Waals surface area contributed by atoms with Crippen molar-refractivity contribution in [3.05, 3.63) is 0 Å². The lowest BCUT2D eigenvalue weighted by molar-refractivity contribution is -0.128. The maximum atomic E-state index is 11.6. The zero-order valence-electron chi connectivity index (χ0n) is 10.7. The number of aliphatic hydroxyl groups excluding tert-OH is 1. The molecule has 1 amide bonds. The molecule has 0 aromatic rings. The molecule has 4 heteroatoms. The van der Waals surface area contributed by atoms with Crippen LogP contribution in [-0.4, -0.2) is 35.7 Å². The van der Waals surface area contributed by atoms with Crippen molar-refractivity contribution < 1.29 is 9.90 Å². The molecule has 0 heterocycles. The SMILES string of the molecule is CCC(C)NCC(=O)NC1CC(O)C1(C)C. The molecule has 94 valence electrons. The van der Waals surface area contributed by atoms with Crippen LogP contribution in [-0.2, 0) is 4.79 Å². The lowest BCUT2D eigenvalue weighted by atomic mass is 9.64. The van der Waals surface area contributed by atoms with Crippen molar-refractivity contribution in [3.63, 3.8) is 0 Å². The second-order valence-corrected chi connectivity index (χ2v) is 5.38. The van der Waals surface area contributed by atoms with E-state index in [0.717, 1.165) is 6.42 Å². The van der Waals surface area contributed by atoms with Gasteiger partial charge in [-0.25, -0.2) is 0 Å². The zero-order valence-corrected chi connectivity index (χ0v) is 10.7. The van der Waals surface area contributed by atoms with Crippen LogP contribution < -0.4 is 10.6 Å². The van der Waals surface area contributed by atoms with Crippen LogP contribution >= 0.6 is 0 Å². The van der Waals surface area contributed by atoms with Gasteiger partial charge in [0.25, 0.3) is 0 Å². The molecular formula is C12H24N2O2. The highest BCUT2D eigenvalue weighted by atomic mass is 16.3. The molecule has 1 saturated carbocycles. The summed E-state index contributed by atoms with van der Waals surface area (Å²) in [5, 5.41) is 15.7. The molecule has 0 aromatic heterocycles. The number of rotatable bonds is 5. The van der Waals surface area contributed by atoms with E-state index < -0.39 is 0 Å². The predicted molar refractivity (Wildman–Crippen MR) is 64.1 cm³/mol. The summed E-state index contributed by atoms with van der Waals surface area (Å²) in [5.41, 5.74) is -0.188. The lowest BCUT2D eigenvalue weighted by Crippen LogP contribution is -2.62. The second-order valence-electron chi connectivity index (χ2n) is 5.38. The Labute approximate surface area is 97.8 Å². The van der Waals surface area contributed by atoms with Crippen LogP contribution in [0.5, 0.6) is 0 Å². The summed E-state index contributed by atoms with van der Waals surface area (Å²) < 4.78 is 0. The summed E-state index contributed by atoms with van der Waals surface area (Å²) in [6.07, 6.45) is 1.39. The number of amides is 1. The molecule has 3 atom stereocenters. The fourth-order valence-electron chi connectivity index (χ4n) is 1.80. The van der Waals surface area contributed by atoms with E-state index in [1.807, 2.05) is 13.8 Å². The fourth-order valence-corrected chi connectivity index (χ4v) is 1.80. The van der Waals surface area contributed by atoms with Crippen molar-refractivity contribution in [3.8, 4) is 0 Å².